The van der Waals surface area contributed by atoms with Crippen LogP contribution in [0, 0.1) is 0 Å². The third-order valence-corrected chi connectivity index (χ3v) is 5.59. The van der Waals surface area contributed by atoms with Crippen LogP contribution in [0.15, 0.2) is 36.7 Å². The van der Waals surface area contributed by atoms with E-state index in [0.717, 1.165) is 42.3 Å². The Labute approximate surface area is 170 Å². The van der Waals surface area contributed by atoms with Crippen molar-refractivity contribution < 1.29 is 9.47 Å². The minimum Gasteiger partial charge on any atom is -0.378 e. The molecule has 2 aromatic heterocycles. The lowest BCUT2D eigenvalue weighted by molar-refractivity contribution is 0.0340. The Morgan fingerprint density at radius 1 is 1.03 bits per heavy atom. The van der Waals surface area contributed by atoms with Gasteiger partial charge in [0.25, 0.3) is 0 Å². The van der Waals surface area contributed by atoms with Gasteiger partial charge in [-0.15, -0.1) is 0 Å². The summed E-state index contributed by atoms with van der Waals surface area (Å²) in [7, 11) is 0. The number of para-hydroxylation sites is 2. The molecular formula is C21H26N6O2. The molecule has 8 nitrogen and oxygen atoms in total. The monoisotopic (exact) mass is 394 g/mol. The average molecular weight is 394 g/mol. The fourth-order valence-corrected chi connectivity index (χ4v) is 3.96. The highest BCUT2D eigenvalue weighted by Crippen LogP contribution is 2.27. The molecule has 2 atom stereocenters. The van der Waals surface area contributed by atoms with Crippen molar-refractivity contribution in [3.8, 4) is 5.95 Å². The summed E-state index contributed by atoms with van der Waals surface area (Å²) < 4.78 is 13.3. The van der Waals surface area contributed by atoms with Crippen molar-refractivity contribution in [2.24, 2.45) is 0 Å². The summed E-state index contributed by atoms with van der Waals surface area (Å²) in [5.41, 5.74) is 1.93. The number of hydrogen-bond donors (Lipinski definition) is 0. The fourth-order valence-electron chi connectivity index (χ4n) is 3.96. The third kappa shape index (κ3) is 3.54. The van der Waals surface area contributed by atoms with E-state index >= 15 is 0 Å². The molecule has 0 saturated carbocycles. The lowest BCUT2D eigenvalue weighted by atomic mass is 10.2. The number of aromatic nitrogens is 4. The van der Waals surface area contributed by atoms with E-state index < -0.39 is 0 Å². The smallest absolute Gasteiger partial charge is 0.239 e. The van der Waals surface area contributed by atoms with E-state index in [0.29, 0.717) is 25.8 Å². The maximum atomic E-state index is 5.82. The molecule has 0 radical (unpaired) electrons. The maximum absolute atomic E-state index is 5.82. The second-order valence-electron chi connectivity index (χ2n) is 7.73. The number of anilines is 2. The van der Waals surface area contributed by atoms with Crippen LogP contribution in [0.5, 0.6) is 0 Å². The molecule has 2 aliphatic heterocycles. The van der Waals surface area contributed by atoms with E-state index in [2.05, 4.69) is 34.7 Å². The molecule has 2 saturated heterocycles. The highest BCUT2D eigenvalue weighted by Gasteiger charge is 2.27. The molecule has 2 fully saturated rings. The van der Waals surface area contributed by atoms with Crippen LogP contribution in [0.25, 0.3) is 17.0 Å². The summed E-state index contributed by atoms with van der Waals surface area (Å²) in [6.45, 7) is 8.88. The van der Waals surface area contributed by atoms with Gasteiger partial charge in [-0.2, -0.15) is 9.97 Å². The first-order valence-electron chi connectivity index (χ1n) is 10.2. The quantitative estimate of drug-likeness (QED) is 0.675. The number of imidazole rings is 1. The molecule has 3 aromatic rings. The minimum absolute atomic E-state index is 0.172. The highest BCUT2D eigenvalue weighted by atomic mass is 16.5. The van der Waals surface area contributed by atoms with Gasteiger partial charge in [-0.1, -0.05) is 12.1 Å². The van der Waals surface area contributed by atoms with Gasteiger partial charge in [0, 0.05) is 25.7 Å². The molecule has 8 heteroatoms. The van der Waals surface area contributed by atoms with Gasteiger partial charge in [0.2, 0.25) is 5.95 Å². The van der Waals surface area contributed by atoms with E-state index in [4.69, 9.17) is 19.4 Å². The van der Waals surface area contributed by atoms with Crippen molar-refractivity contribution in [1.29, 1.82) is 0 Å². The maximum Gasteiger partial charge on any atom is 0.239 e. The Balaban J connectivity index is 1.61. The second-order valence-corrected chi connectivity index (χ2v) is 7.73. The van der Waals surface area contributed by atoms with E-state index in [1.54, 1.807) is 6.33 Å². The number of fused-ring (bicyclic) bond motifs is 1. The number of benzene rings is 1. The highest BCUT2D eigenvalue weighted by molar-refractivity contribution is 5.76. The molecule has 29 heavy (non-hydrogen) atoms. The van der Waals surface area contributed by atoms with Crippen molar-refractivity contribution >= 4 is 22.7 Å². The first kappa shape index (κ1) is 18.3. The first-order chi connectivity index (χ1) is 14.2. The normalized spacial score (nSPS) is 23.0. The predicted molar refractivity (Wildman–Crippen MR) is 112 cm³/mol. The molecule has 0 spiro atoms. The van der Waals surface area contributed by atoms with Crippen molar-refractivity contribution in [2.75, 3.05) is 49.3 Å². The number of ether oxygens (including phenoxy) is 2. The molecule has 0 unspecified atom stereocenters. The summed E-state index contributed by atoms with van der Waals surface area (Å²) in [5, 5.41) is 0. The summed E-state index contributed by atoms with van der Waals surface area (Å²) in [6, 6.07) is 10.4. The van der Waals surface area contributed by atoms with Crippen LogP contribution >= 0.6 is 0 Å². The topological polar surface area (TPSA) is 68.5 Å². The van der Waals surface area contributed by atoms with Gasteiger partial charge in [-0.25, -0.2) is 4.98 Å². The fraction of sp³-hybridized carbons (Fsp3) is 0.476. The molecule has 4 heterocycles. The SMILES string of the molecule is C[C@H]1CN(c2cc(N3CCOCC3)nc(-n3cnc4ccccc43)n2)[C@@H](C)CO1. The zero-order chi connectivity index (χ0) is 19.8. The standard InChI is InChI=1S/C21H26N6O2/c1-15-13-29-16(2)12-26(15)20-11-19(25-7-9-28-10-8-25)23-21(24-20)27-14-22-17-5-3-4-6-18(17)27/h3-6,11,14-16H,7-10,12-13H2,1-2H3/t15-,16-/m0/s1. The largest absolute Gasteiger partial charge is 0.378 e. The van der Waals surface area contributed by atoms with Crippen LogP contribution in [-0.2, 0) is 9.47 Å². The summed E-state index contributed by atoms with van der Waals surface area (Å²) in [6.07, 6.45) is 1.98. The zero-order valence-electron chi connectivity index (χ0n) is 16.9. The summed E-state index contributed by atoms with van der Waals surface area (Å²) >= 11 is 0. The molecule has 1 aromatic carbocycles. The van der Waals surface area contributed by atoms with Crippen LogP contribution < -0.4 is 9.80 Å². The van der Waals surface area contributed by atoms with Crippen LogP contribution in [0.1, 0.15) is 13.8 Å². The molecule has 152 valence electrons. The molecule has 2 aliphatic rings. The van der Waals surface area contributed by atoms with Gasteiger partial charge in [0.05, 0.1) is 43.0 Å². The molecule has 0 N–H and O–H groups in total. The Morgan fingerprint density at radius 3 is 2.69 bits per heavy atom. The number of morpholine rings is 2. The third-order valence-electron chi connectivity index (χ3n) is 5.59. The van der Waals surface area contributed by atoms with Gasteiger partial charge < -0.3 is 19.3 Å². The molecule has 0 bridgehead atoms. The van der Waals surface area contributed by atoms with Crippen molar-refractivity contribution in [1.82, 2.24) is 19.5 Å². The first-order valence-corrected chi connectivity index (χ1v) is 10.2. The van der Waals surface area contributed by atoms with E-state index in [-0.39, 0.29) is 12.1 Å². The van der Waals surface area contributed by atoms with Crippen molar-refractivity contribution in [3.63, 3.8) is 0 Å². The molecule has 0 aliphatic carbocycles. The Bertz CT molecular complexity index is 1000. The van der Waals surface area contributed by atoms with Crippen molar-refractivity contribution in [2.45, 2.75) is 26.0 Å². The number of hydrogen-bond acceptors (Lipinski definition) is 7. The van der Waals surface area contributed by atoms with Gasteiger partial charge >= 0.3 is 0 Å². The van der Waals surface area contributed by atoms with Gasteiger partial charge in [0.15, 0.2) is 0 Å². The van der Waals surface area contributed by atoms with E-state index in [1.807, 2.05) is 28.8 Å². The van der Waals surface area contributed by atoms with Crippen LogP contribution in [0.4, 0.5) is 11.6 Å². The van der Waals surface area contributed by atoms with E-state index in [9.17, 15) is 0 Å². The summed E-state index contributed by atoms with van der Waals surface area (Å²) in [4.78, 5) is 19.0. The molecule has 0 amide bonds. The van der Waals surface area contributed by atoms with E-state index in [1.165, 1.54) is 0 Å². The summed E-state index contributed by atoms with van der Waals surface area (Å²) in [5.74, 6) is 2.50. The zero-order valence-corrected chi connectivity index (χ0v) is 16.9. The minimum atomic E-state index is 0.172. The average Bonchev–Trinajstić information content (AvgIpc) is 3.20. The Morgan fingerprint density at radius 2 is 1.83 bits per heavy atom. The Kier molecular flexibility index (Phi) is 4.81. The predicted octanol–water partition coefficient (Wildman–Crippen LogP) is 2.27. The lowest BCUT2D eigenvalue weighted by Gasteiger charge is -2.38. The van der Waals surface area contributed by atoms with Crippen LogP contribution in [0.3, 0.4) is 0 Å². The van der Waals surface area contributed by atoms with Gasteiger partial charge in [0.1, 0.15) is 18.0 Å². The second kappa shape index (κ2) is 7.61. The van der Waals surface area contributed by atoms with Crippen LogP contribution in [0.2, 0.25) is 0 Å². The van der Waals surface area contributed by atoms with Crippen molar-refractivity contribution in [3.05, 3.63) is 36.7 Å². The number of rotatable bonds is 3. The molecule has 5 rings (SSSR count). The van der Waals surface area contributed by atoms with Gasteiger partial charge in [-0.3, -0.25) is 4.57 Å². The lowest BCUT2D eigenvalue weighted by Crippen LogP contribution is -2.48. The van der Waals surface area contributed by atoms with Gasteiger partial charge in [-0.05, 0) is 26.0 Å². The molecular weight excluding hydrogens is 368 g/mol. The number of nitrogens with zero attached hydrogens (tertiary/aromatic N) is 6. The van der Waals surface area contributed by atoms with Crippen LogP contribution in [-0.4, -0.2) is 71.1 Å². The Hall–Kier alpha value is -2.71.